The van der Waals surface area contributed by atoms with E-state index in [1.165, 1.54) is 37.4 Å². The zero-order valence-electron chi connectivity index (χ0n) is 15.5. The molecule has 1 aromatic heterocycles. The average Bonchev–Trinajstić information content (AvgIpc) is 2.70. The first-order valence-electron chi connectivity index (χ1n) is 9.03. The monoisotopic (exact) mass is 399 g/mol. The van der Waals surface area contributed by atoms with E-state index in [9.17, 15) is 13.2 Å². The number of ketones is 1. The minimum Gasteiger partial charge on any atom is -0.474 e. The van der Waals surface area contributed by atoms with E-state index in [4.69, 9.17) is 10.00 Å². The second-order valence-corrected chi connectivity index (χ2v) is 8.50. The molecule has 1 aliphatic carbocycles. The quantitative estimate of drug-likeness (QED) is 0.748. The summed E-state index contributed by atoms with van der Waals surface area (Å²) in [6.07, 6.45) is 4.16. The van der Waals surface area contributed by atoms with Crippen LogP contribution in [0.4, 0.5) is 0 Å². The molecule has 1 saturated carbocycles. The Balaban J connectivity index is 1.54. The number of nitriles is 1. The third-order valence-corrected chi connectivity index (χ3v) is 6.26. The number of hydrogen-bond donors (Lipinski definition) is 1. The number of rotatable bonds is 6. The van der Waals surface area contributed by atoms with Crippen molar-refractivity contribution in [2.24, 2.45) is 0 Å². The van der Waals surface area contributed by atoms with Crippen LogP contribution in [-0.4, -0.2) is 31.3 Å². The summed E-state index contributed by atoms with van der Waals surface area (Å²) in [5, 5.41) is 8.79. The first kappa shape index (κ1) is 20.0. The van der Waals surface area contributed by atoms with Gasteiger partial charge in [0.05, 0.1) is 10.5 Å². The minimum absolute atomic E-state index is 0.0314. The maximum atomic E-state index is 12.6. The van der Waals surface area contributed by atoms with Gasteiger partial charge >= 0.3 is 0 Å². The van der Waals surface area contributed by atoms with Crippen molar-refractivity contribution in [2.75, 3.05) is 0 Å². The van der Waals surface area contributed by atoms with E-state index in [0.29, 0.717) is 42.7 Å². The number of benzene rings is 1. The lowest BCUT2D eigenvalue weighted by Crippen LogP contribution is -2.39. The number of nitrogens with zero attached hydrogens (tertiary/aromatic N) is 2. The molecule has 0 saturated heterocycles. The van der Waals surface area contributed by atoms with Gasteiger partial charge < -0.3 is 4.74 Å². The SMILES string of the molecule is CC(=O)c1ccc(S(=O)(=O)NC2CCC(Oc3ccc(C#N)cn3)CC2)cc1. The van der Waals surface area contributed by atoms with Crippen LogP contribution in [-0.2, 0) is 10.0 Å². The lowest BCUT2D eigenvalue weighted by atomic mass is 9.94. The second-order valence-electron chi connectivity index (χ2n) is 6.79. The minimum atomic E-state index is -3.63. The number of aromatic nitrogens is 1. The van der Waals surface area contributed by atoms with Crippen molar-refractivity contribution in [1.29, 1.82) is 5.26 Å². The molecular formula is C20H21N3O4S. The zero-order chi connectivity index (χ0) is 20.1. The fourth-order valence-corrected chi connectivity index (χ4v) is 4.45. The third-order valence-electron chi connectivity index (χ3n) is 4.72. The van der Waals surface area contributed by atoms with E-state index in [-0.39, 0.29) is 22.8 Å². The van der Waals surface area contributed by atoms with E-state index in [0.717, 1.165) is 0 Å². The van der Waals surface area contributed by atoms with Gasteiger partial charge in [-0.3, -0.25) is 4.79 Å². The molecule has 0 spiro atoms. The number of pyridine rings is 1. The molecule has 0 amide bonds. The molecule has 7 nitrogen and oxygen atoms in total. The summed E-state index contributed by atoms with van der Waals surface area (Å²) in [5.41, 5.74) is 0.954. The lowest BCUT2D eigenvalue weighted by Gasteiger charge is -2.29. The van der Waals surface area contributed by atoms with Crippen molar-refractivity contribution in [3.8, 4) is 11.9 Å². The van der Waals surface area contributed by atoms with Crippen LogP contribution in [0.1, 0.15) is 48.5 Å². The largest absolute Gasteiger partial charge is 0.474 e. The molecule has 0 unspecified atom stereocenters. The summed E-state index contributed by atoms with van der Waals surface area (Å²) in [7, 11) is -3.63. The van der Waals surface area contributed by atoms with Gasteiger partial charge in [0.25, 0.3) is 0 Å². The Kier molecular flexibility index (Phi) is 6.07. The highest BCUT2D eigenvalue weighted by molar-refractivity contribution is 7.89. The Morgan fingerprint density at radius 1 is 1.14 bits per heavy atom. The topological polar surface area (TPSA) is 109 Å². The summed E-state index contributed by atoms with van der Waals surface area (Å²) >= 11 is 0. The number of carbonyl (C=O) groups excluding carboxylic acids is 1. The van der Waals surface area contributed by atoms with E-state index in [2.05, 4.69) is 9.71 Å². The van der Waals surface area contributed by atoms with Crippen LogP contribution < -0.4 is 9.46 Å². The molecule has 1 N–H and O–H groups in total. The van der Waals surface area contributed by atoms with E-state index < -0.39 is 10.0 Å². The lowest BCUT2D eigenvalue weighted by molar-refractivity contribution is 0.101. The normalized spacial score (nSPS) is 19.6. The molecular weight excluding hydrogens is 378 g/mol. The predicted octanol–water partition coefficient (Wildman–Crippen LogP) is 2.82. The highest BCUT2D eigenvalue weighted by atomic mass is 32.2. The van der Waals surface area contributed by atoms with Crippen LogP contribution >= 0.6 is 0 Å². The first-order chi connectivity index (χ1) is 13.4. The van der Waals surface area contributed by atoms with Gasteiger partial charge in [0.2, 0.25) is 15.9 Å². The van der Waals surface area contributed by atoms with Gasteiger partial charge in [-0.1, -0.05) is 12.1 Å². The van der Waals surface area contributed by atoms with Gasteiger partial charge in [-0.25, -0.2) is 18.1 Å². The Bertz CT molecular complexity index is 972. The molecule has 8 heteroatoms. The summed E-state index contributed by atoms with van der Waals surface area (Å²) in [6, 6.07) is 11.1. The molecule has 28 heavy (non-hydrogen) atoms. The number of Topliss-reactive ketones (excluding diaryl/α,β-unsaturated/α-hetero) is 1. The fraction of sp³-hybridized carbons (Fsp3) is 0.350. The van der Waals surface area contributed by atoms with Crippen LogP contribution in [0, 0.1) is 11.3 Å². The molecule has 146 valence electrons. The van der Waals surface area contributed by atoms with Crippen LogP contribution in [0.15, 0.2) is 47.5 Å². The molecule has 0 bridgehead atoms. The summed E-state index contributed by atoms with van der Waals surface area (Å²) < 4.78 is 33.7. The predicted molar refractivity (Wildman–Crippen MR) is 102 cm³/mol. The van der Waals surface area contributed by atoms with E-state index in [1.807, 2.05) is 6.07 Å². The van der Waals surface area contributed by atoms with Gasteiger partial charge in [-0.05, 0) is 50.8 Å². The summed E-state index contributed by atoms with van der Waals surface area (Å²) in [6.45, 7) is 1.44. The average molecular weight is 399 g/mol. The summed E-state index contributed by atoms with van der Waals surface area (Å²) in [5.74, 6) is 0.362. The van der Waals surface area contributed by atoms with Gasteiger partial charge in [-0.15, -0.1) is 0 Å². The van der Waals surface area contributed by atoms with E-state index >= 15 is 0 Å². The zero-order valence-corrected chi connectivity index (χ0v) is 16.3. The van der Waals surface area contributed by atoms with Crippen LogP contribution in [0.5, 0.6) is 5.88 Å². The number of nitrogens with one attached hydrogen (secondary N) is 1. The Morgan fingerprint density at radius 3 is 2.36 bits per heavy atom. The van der Waals surface area contributed by atoms with Gasteiger partial charge in [0, 0.05) is 23.9 Å². The van der Waals surface area contributed by atoms with Crippen LogP contribution in [0.2, 0.25) is 0 Å². The molecule has 0 atom stereocenters. The van der Waals surface area contributed by atoms with Crippen molar-refractivity contribution in [3.63, 3.8) is 0 Å². The van der Waals surface area contributed by atoms with Crippen molar-refractivity contribution < 1.29 is 17.9 Å². The summed E-state index contributed by atoms with van der Waals surface area (Å²) in [4.78, 5) is 15.6. The Labute approximate surface area is 164 Å². The molecule has 2 aromatic rings. The van der Waals surface area contributed by atoms with Crippen molar-refractivity contribution in [1.82, 2.24) is 9.71 Å². The smallest absolute Gasteiger partial charge is 0.240 e. The molecule has 1 aromatic carbocycles. The Morgan fingerprint density at radius 2 is 1.82 bits per heavy atom. The van der Waals surface area contributed by atoms with Gasteiger partial charge in [0.15, 0.2) is 5.78 Å². The van der Waals surface area contributed by atoms with Gasteiger partial charge in [0.1, 0.15) is 12.2 Å². The third kappa shape index (κ3) is 4.94. The second kappa shape index (κ2) is 8.50. The number of sulfonamides is 1. The molecule has 1 heterocycles. The van der Waals surface area contributed by atoms with E-state index in [1.54, 1.807) is 12.1 Å². The highest BCUT2D eigenvalue weighted by Gasteiger charge is 2.27. The van der Waals surface area contributed by atoms with Crippen molar-refractivity contribution >= 4 is 15.8 Å². The molecule has 1 aliphatic rings. The van der Waals surface area contributed by atoms with Crippen molar-refractivity contribution in [2.45, 2.75) is 49.6 Å². The Hall–Kier alpha value is -2.76. The van der Waals surface area contributed by atoms with Crippen LogP contribution in [0.3, 0.4) is 0 Å². The highest BCUT2D eigenvalue weighted by Crippen LogP contribution is 2.24. The maximum absolute atomic E-state index is 12.6. The molecule has 0 aliphatic heterocycles. The molecule has 1 fully saturated rings. The molecule has 3 rings (SSSR count). The number of carbonyl (C=O) groups is 1. The van der Waals surface area contributed by atoms with Gasteiger partial charge in [-0.2, -0.15) is 5.26 Å². The fourth-order valence-electron chi connectivity index (χ4n) is 3.14. The number of hydrogen-bond acceptors (Lipinski definition) is 6. The molecule has 0 radical (unpaired) electrons. The number of ether oxygens (including phenoxy) is 1. The van der Waals surface area contributed by atoms with Crippen molar-refractivity contribution in [3.05, 3.63) is 53.7 Å². The standard InChI is InChI=1S/C20H21N3O4S/c1-14(24)16-3-9-19(10-4-16)28(25,26)23-17-5-7-18(8-6-17)27-20-11-2-15(12-21)13-22-20/h2-4,9-11,13,17-18,23H,5-8H2,1H3. The maximum Gasteiger partial charge on any atom is 0.240 e. The van der Waals surface area contributed by atoms with Crippen LogP contribution in [0.25, 0.3) is 0 Å². The first-order valence-corrected chi connectivity index (χ1v) is 10.5.